The Balaban J connectivity index is 1.85. The molecule has 112 valence electrons. The number of nitrogens with one attached hydrogen (secondary N) is 2. The van der Waals surface area contributed by atoms with Crippen LogP contribution in [0.3, 0.4) is 0 Å². The predicted molar refractivity (Wildman–Crippen MR) is 86.1 cm³/mol. The Kier molecular flexibility index (Phi) is 4.10. The number of carbonyl (C=O) groups is 1. The number of H-pyrrole nitrogens is 1. The minimum atomic E-state index is -0.240. The Morgan fingerprint density at radius 3 is 2.71 bits per heavy atom. The van der Waals surface area contributed by atoms with Crippen molar-refractivity contribution < 1.29 is 4.79 Å². The third-order valence-corrected chi connectivity index (χ3v) is 5.26. The van der Waals surface area contributed by atoms with Crippen LogP contribution in [0.15, 0.2) is 16.4 Å². The van der Waals surface area contributed by atoms with E-state index in [-0.39, 0.29) is 22.9 Å². The fourth-order valence-corrected chi connectivity index (χ4v) is 3.94. The number of pyridine rings is 1. The monoisotopic (exact) mass is 304 g/mol. The van der Waals surface area contributed by atoms with Crippen molar-refractivity contribution >= 4 is 27.5 Å². The van der Waals surface area contributed by atoms with Gasteiger partial charge in [-0.15, -0.1) is 11.3 Å². The van der Waals surface area contributed by atoms with Crippen LogP contribution in [0.4, 0.5) is 0 Å². The summed E-state index contributed by atoms with van der Waals surface area (Å²) in [7, 11) is 0. The van der Waals surface area contributed by atoms with Crippen LogP contribution in [0.1, 0.15) is 54.4 Å². The second kappa shape index (κ2) is 6.02. The van der Waals surface area contributed by atoms with Gasteiger partial charge in [-0.3, -0.25) is 9.59 Å². The van der Waals surface area contributed by atoms with Gasteiger partial charge in [0.05, 0.1) is 5.39 Å². The highest BCUT2D eigenvalue weighted by Crippen LogP contribution is 2.21. The molecule has 2 aromatic rings. The molecule has 21 heavy (non-hydrogen) atoms. The molecule has 4 nitrogen and oxygen atoms in total. The molecule has 0 aromatic carbocycles. The van der Waals surface area contributed by atoms with Gasteiger partial charge in [-0.1, -0.05) is 25.7 Å². The summed E-state index contributed by atoms with van der Waals surface area (Å²) in [6, 6.07) is 0.207. The zero-order valence-corrected chi connectivity index (χ0v) is 13.0. The minimum Gasteiger partial charge on any atom is -0.352 e. The summed E-state index contributed by atoms with van der Waals surface area (Å²) in [5.41, 5.74) is 1.00. The van der Waals surface area contributed by atoms with Gasteiger partial charge in [-0.2, -0.15) is 0 Å². The Hall–Kier alpha value is -1.62. The maximum absolute atomic E-state index is 12.5. The molecule has 2 N–H and O–H groups in total. The summed E-state index contributed by atoms with van der Waals surface area (Å²) < 4.78 is 0. The smallest absolute Gasteiger partial charge is 0.256 e. The van der Waals surface area contributed by atoms with Crippen LogP contribution >= 0.6 is 11.3 Å². The van der Waals surface area contributed by atoms with Gasteiger partial charge in [-0.25, -0.2) is 0 Å². The third kappa shape index (κ3) is 2.88. The molecule has 0 saturated heterocycles. The lowest BCUT2D eigenvalue weighted by molar-refractivity contribution is 0.0932. The van der Waals surface area contributed by atoms with E-state index in [0.29, 0.717) is 5.39 Å². The highest BCUT2D eigenvalue weighted by Gasteiger charge is 2.19. The normalized spacial score (nSPS) is 16.8. The standard InChI is InChI=1S/C16H20N2O2S/c1-10-9-21-16-13(10)14(19)12(8-17-16)15(20)18-11-6-4-2-3-5-7-11/h8-9,11H,2-7H2,1H3,(H,17,19)(H,18,20). The number of fused-ring (bicyclic) bond motifs is 1. The number of aromatic amines is 1. The quantitative estimate of drug-likeness (QED) is 0.836. The Bertz CT molecular complexity index is 709. The highest BCUT2D eigenvalue weighted by atomic mass is 32.1. The third-order valence-electron chi connectivity index (χ3n) is 4.23. The first-order valence-corrected chi connectivity index (χ1v) is 8.45. The second-order valence-electron chi connectivity index (χ2n) is 5.82. The van der Waals surface area contributed by atoms with Gasteiger partial charge in [0.25, 0.3) is 5.91 Å². The van der Waals surface area contributed by atoms with Crippen molar-refractivity contribution in [1.29, 1.82) is 0 Å². The number of thiophene rings is 1. The van der Waals surface area contributed by atoms with Gasteiger partial charge < -0.3 is 10.3 Å². The van der Waals surface area contributed by atoms with Crippen LogP contribution in [-0.4, -0.2) is 16.9 Å². The summed E-state index contributed by atoms with van der Waals surface area (Å²) in [5, 5.41) is 5.62. The SMILES string of the molecule is Cc1csc2[nH]cc(C(=O)NC3CCCCCC3)c(=O)c12. The molecule has 0 unspecified atom stereocenters. The molecule has 0 radical (unpaired) electrons. The molecular formula is C16H20N2O2S. The molecule has 1 aliphatic rings. The summed E-state index contributed by atoms with van der Waals surface area (Å²) in [5.74, 6) is -0.240. The van der Waals surface area contributed by atoms with Crippen molar-refractivity contribution in [3.05, 3.63) is 32.9 Å². The number of carbonyl (C=O) groups excluding carboxylic acids is 1. The van der Waals surface area contributed by atoms with E-state index in [1.165, 1.54) is 24.2 Å². The molecule has 0 atom stereocenters. The molecule has 2 aromatic heterocycles. The van der Waals surface area contributed by atoms with Crippen LogP contribution in [0.25, 0.3) is 10.2 Å². The molecule has 1 saturated carbocycles. The van der Waals surface area contributed by atoms with E-state index in [0.717, 1.165) is 36.1 Å². The Morgan fingerprint density at radius 2 is 2.00 bits per heavy atom. The van der Waals surface area contributed by atoms with Crippen LogP contribution in [0.5, 0.6) is 0 Å². The largest absolute Gasteiger partial charge is 0.352 e. The Labute approximate surface area is 127 Å². The van der Waals surface area contributed by atoms with E-state index in [9.17, 15) is 9.59 Å². The molecule has 0 spiro atoms. The lowest BCUT2D eigenvalue weighted by Gasteiger charge is -2.15. The molecule has 0 aliphatic heterocycles. The average molecular weight is 304 g/mol. The summed E-state index contributed by atoms with van der Waals surface area (Å²) >= 11 is 1.50. The maximum Gasteiger partial charge on any atom is 0.256 e. The van der Waals surface area contributed by atoms with E-state index >= 15 is 0 Å². The molecule has 5 heteroatoms. The van der Waals surface area contributed by atoms with Crippen molar-refractivity contribution in [2.24, 2.45) is 0 Å². The summed E-state index contributed by atoms with van der Waals surface area (Å²) in [6.45, 7) is 1.90. The van der Waals surface area contributed by atoms with Gasteiger partial charge in [0.15, 0.2) is 0 Å². The van der Waals surface area contributed by atoms with Crippen LogP contribution in [0, 0.1) is 6.92 Å². The van der Waals surface area contributed by atoms with Crippen molar-refractivity contribution in [2.75, 3.05) is 0 Å². The molecule has 2 heterocycles. The molecule has 1 amide bonds. The lowest BCUT2D eigenvalue weighted by Crippen LogP contribution is -2.37. The van der Waals surface area contributed by atoms with Gasteiger partial charge in [0.1, 0.15) is 10.4 Å². The number of aromatic nitrogens is 1. The average Bonchev–Trinajstić information content (AvgIpc) is 2.68. The fourth-order valence-electron chi connectivity index (χ4n) is 3.03. The first kappa shape index (κ1) is 14.3. The maximum atomic E-state index is 12.5. The first-order chi connectivity index (χ1) is 10.2. The van der Waals surface area contributed by atoms with Gasteiger partial charge in [0, 0.05) is 12.2 Å². The van der Waals surface area contributed by atoms with Crippen LogP contribution in [0.2, 0.25) is 0 Å². The van der Waals surface area contributed by atoms with E-state index in [4.69, 9.17) is 0 Å². The van der Waals surface area contributed by atoms with Gasteiger partial charge in [-0.05, 0) is 30.7 Å². The highest BCUT2D eigenvalue weighted by molar-refractivity contribution is 7.16. The minimum absolute atomic E-state index is 0.159. The zero-order chi connectivity index (χ0) is 14.8. The number of aryl methyl sites for hydroxylation is 1. The number of amides is 1. The lowest BCUT2D eigenvalue weighted by atomic mass is 10.1. The van der Waals surface area contributed by atoms with Crippen LogP contribution < -0.4 is 10.7 Å². The topological polar surface area (TPSA) is 62.0 Å². The summed E-state index contributed by atoms with van der Waals surface area (Å²) in [4.78, 5) is 28.8. The molecule has 1 fully saturated rings. The van der Waals surface area contributed by atoms with Crippen molar-refractivity contribution in [1.82, 2.24) is 10.3 Å². The molecule has 0 bridgehead atoms. The molecule has 3 rings (SSSR count). The van der Waals surface area contributed by atoms with E-state index in [1.54, 1.807) is 6.20 Å². The summed E-state index contributed by atoms with van der Waals surface area (Å²) in [6.07, 6.45) is 8.38. The van der Waals surface area contributed by atoms with Gasteiger partial charge in [0.2, 0.25) is 5.43 Å². The van der Waals surface area contributed by atoms with E-state index in [2.05, 4.69) is 10.3 Å². The fraction of sp³-hybridized carbons (Fsp3) is 0.500. The first-order valence-electron chi connectivity index (χ1n) is 7.57. The Morgan fingerprint density at radius 1 is 1.29 bits per heavy atom. The van der Waals surface area contributed by atoms with Crippen LogP contribution in [-0.2, 0) is 0 Å². The number of rotatable bonds is 2. The van der Waals surface area contributed by atoms with Crippen molar-refractivity contribution in [3.63, 3.8) is 0 Å². The second-order valence-corrected chi connectivity index (χ2v) is 6.70. The van der Waals surface area contributed by atoms with E-state index < -0.39 is 0 Å². The number of hydrogen-bond donors (Lipinski definition) is 2. The van der Waals surface area contributed by atoms with Crippen molar-refractivity contribution in [2.45, 2.75) is 51.5 Å². The van der Waals surface area contributed by atoms with Gasteiger partial charge >= 0.3 is 0 Å². The predicted octanol–water partition coefficient (Wildman–Crippen LogP) is 3.35. The number of hydrogen-bond acceptors (Lipinski definition) is 3. The molecule has 1 aliphatic carbocycles. The van der Waals surface area contributed by atoms with Crippen molar-refractivity contribution in [3.8, 4) is 0 Å². The van der Waals surface area contributed by atoms with E-state index in [1.807, 2.05) is 12.3 Å². The molecular weight excluding hydrogens is 284 g/mol. The zero-order valence-electron chi connectivity index (χ0n) is 12.2.